The number of thiophene rings is 1. The molecule has 0 aliphatic rings. The number of alkyl halides is 3. The van der Waals surface area contributed by atoms with Crippen LogP contribution in [0.25, 0.3) is 0 Å². The fraction of sp³-hybridized carbons (Fsp3) is 0.636. The third kappa shape index (κ3) is 3.97. The van der Waals surface area contributed by atoms with E-state index in [1.807, 2.05) is 24.4 Å². The van der Waals surface area contributed by atoms with Gasteiger partial charge in [0.15, 0.2) is 0 Å². The minimum atomic E-state index is -4.22. The van der Waals surface area contributed by atoms with Crippen LogP contribution in [0.1, 0.15) is 17.8 Å². The van der Waals surface area contributed by atoms with Crippen molar-refractivity contribution in [2.24, 2.45) is 11.7 Å². The van der Waals surface area contributed by atoms with Crippen molar-refractivity contribution in [2.75, 3.05) is 20.1 Å². The van der Waals surface area contributed by atoms with Gasteiger partial charge in [-0.3, -0.25) is 4.90 Å². The molecule has 0 fully saturated rings. The molecule has 1 rings (SSSR count). The molecule has 0 spiro atoms. The number of nitrogens with zero attached hydrogens (tertiary/aromatic N) is 1. The van der Waals surface area contributed by atoms with Crippen molar-refractivity contribution in [3.8, 4) is 0 Å². The molecule has 0 amide bonds. The maximum absolute atomic E-state index is 12.6. The summed E-state index contributed by atoms with van der Waals surface area (Å²) in [6.45, 7) is 1.46. The summed E-state index contributed by atoms with van der Waals surface area (Å²) in [6, 6.07) is 3.80. The second kappa shape index (κ2) is 5.84. The number of nitrogens with two attached hydrogens (primary N) is 1. The van der Waals surface area contributed by atoms with Crippen LogP contribution in [-0.2, 0) is 0 Å². The predicted octanol–water partition coefficient (Wildman–Crippen LogP) is 2.88. The van der Waals surface area contributed by atoms with Gasteiger partial charge in [0.05, 0.1) is 5.92 Å². The van der Waals surface area contributed by atoms with Crippen molar-refractivity contribution in [1.82, 2.24) is 4.90 Å². The van der Waals surface area contributed by atoms with Crippen LogP contribution in [0.3, 0.4) is 0 Å². The molecular weight excluding hydrogens is 249 g/mol. The molecule has 0 aromatic carbocycles. The molecule has 1 aromatic heterocycles. The van der Waals surface area contributed by atoms with Gasteiger partial charge in [0.2, 0.25) is 0 Å². The van der Waals surface area contributed by atoms with Crippen LogP contribution in [0.5, 0.6) is 0 Å². The Morgan fingerprint density at radius 2 is 2.12 bits per heavy atom. The molecule has 0 saturated carbocycles. The van der Waals surface area contributed by atoms with Crippen LogP contribution in [0.4, 0.5) is 13.2 Å². The summed E-state index contributed by atoms with van der Waals surface area (Å²) in [5, 5.41) is 1.92. The van der Waals surface area contributed by atoms with Crippen molar-refractivity contribution in [3.63, 3.8) is 0 Å². The van der Waals surface area contributed by atoms with E-state index >= 15 is 0 Å². The van der Waals surface area contributed by atoms with Gasteiger partial charge in [0.25, 0.3) is 0 Å². The average molecular weight is 266 g/mol. The fourth-order valence-corrected chi connectivity index (χ4v) is 2.41. The Morgan fingerprint density at radius 3 is 2.53 bits per heavy atom. The molecule has 2 unspecified atom stereocenters. The number of halogens is 3. The van der Waals surface area contributed by atoms with E-state index in [1.165, 1.54) is 0 Å². The van der Waals surface area contributed by atoms with Crippen LogP contribution >= 0.6 is 11.3 Å². The summed E-state index contributed by atoms with van der Waals surface area (Å²) >= 11 is 1.55. The van der Waals surface area contributed by atoms with Crippen LogP contribution < -0.4 is 5.73 Å². The molecule has 0 saturated heterocycles. The first kappa shape index (κ1) is 14.5. The molecule has 0 aliphatic heterocycles. The third-order valence-corrected chi connectivity index (χ3v) is 3.91. The van der Waals surface area contributed by atoms with Crippen LogP contribution in [0, 0.1) is 5.92 Å². The zero-order valence-corrected chi connectivity index (χ0v) is 10.7. The van der Waals surface area contributed by atoms with Crippen molar-refractivity contribution < 1.29 is 13.2 Å². The smallest absolute Gasteiger partial charge is 0.330 e. The van der Waals surface area contributed by atoms with Gasteiger partial charge in [-0.15, -0.1) is 11.3 Å². The summed E-state index contributed by atoms with van der Waals surface area (Å²) in [5.41, 5.74) is 5.18. The Hall–Kier alpha value is -0.590. The molecule has 0 aliphatic carbocycles. The molecule has 0 radical (unpaired) electrons. The molecule has 2 N–H and O–H groups in total. The van der Waals surface area contributed by atoms with Gasteiger partial charge in [0.1, 0.15) is 0 Å². The largest absolute Gasteiger partial charge is 0.394 e. The van der Waals surface area contributed by atoms with Gasteiger partial charge in [-0.05, 0) is 25.4 Å². The van der Waals surface area contributed by atoms with Crippen molar-refractivity contribution in [3.05, 3.63) is 22.4 Å². The first-order valence-corrected chi connectivity index (χ1v) is 6.24. The highest BCUT2D eigenvalue weighted by Gasteiger charge is 2.39. The topological polar surface area (TPSA) is 29.3 Å². The van der Waals surface area contributed by atoms with E-state index in [9.17, 15) is 13.2 Å². The van der Waals surface area contributed by atoms with E-state index in [-0.39, 0.29) is 19.1 Å². The lowest BCUT2D eigenvalue weighted by atomic mass is 10.1. The minimum Gasteiger partial charge on any atom is -0.330 e. The summed E-state index contributed by atoms with van der Waals surface area (Å²) in [4.78, 5) is 2.75. The molecule has 2 atom stereocenters. The molecule has 2 nitrogen and oxygen atoms in total. The van der Waals surface area contributed by atoms with E-state index in [0.29, 0.717) is 0 Å². The van der Waals surface area contributed by atoms with E-state index in [4.69, 9.17) is 5.73 Å². The fourth-order valence-electron chi connectivity index (χ4n) is 1.56. The van der Waals surface area contributed by atoms with Crippen LogP contribution in [0.2, 0.25) is 0 Å². The van der Waals surface area contributed by atoms with Gasteiger partial charge in [-0.25, -0.2) is 0 Å². The van der Waals surface area contributed by atoms with E-state index in [0.717, 1.165) is 4.88 Å². The molecule has 1 aromatic rings. The normalized spacial score (nSPS) is 16.2. The SMILES string of the molecule is CC(c1cccs1)N(C)CC(CN)C(F)(F)F. The van der Waals surface area contributed by atoms with Crippen LogP contribution in [0.15, 0.2) is 17.5 Å². The van der Waals surface area contributed by atoms with Crippen molar-refractivity contribution in [2.45, 2.75) is 19.1 Å². The van der Waals surface area contributed by atoms with Gasteiger partial charge >= 0.3 is 6.18 Å². The van der Waals surface area contributed by atoms with E-state index in [1.54, 1.807) is 23.3 Å². The second-order valence-corrected chi connectivity index (χ2v) is 5.08. The Balaban J connectivity index is 2.62. The maximum Gasteiger partial charge on any atom is 0.394 e. The lowest BCUT2D eigenvalue weighted by molar-refractivity contribution is -0.176. The first-order chi connectivity index (χ1) is 7.86. The summed E-state index contributed by atoms with van der Waals surface area (Å²) in [7, 11) is 1.69. The van der Waals surface area contributed by atoms with Crippen molar-refractivity contribution in [1.29, 1.82) is 0 Å². The molecule has 17 heavy (non-hydrogen) atoms. The highest BCUT2D eigenvalue weighted by Crippen LogP contribution is 2.29. The summed E-state index contributed by atoms with van der Waals surface area (Å²) < 4.78 is 37.7. The maximum atomic E-state index is 12.6. The molecular formula is C11H17F3N2S. The van der Waals surface area contributed by atoms with Crippen LogP contribution in [-0.4, -0.2) is 31.2 Å². The van der Waals surface area contributed by atoms with Gasteiger partial charge in [0, 0.05) is 24.0 Å². The highest BCUT2D eigenvalue weighted by molar-refractivity contribution is 7.10. The Morgan fingerprint density at radius 1 is 1.47 bits per heavy atom. The highest BCUT2D eigenvalue weighted by atomic mass is 32.1. The standard InChI is InChI=1S/C11H17F3N2S/c1-8(10-4-3-5-17-10)16(2)7-9(6-15)11(12,13)14/h3-5,8-9H,6-7,15H2,1-2H3. The number of hydrogen-bond acceptors (Lipinski definition) is 3. The number of rotatable bonds is 5. The Labute approximate surface area is 103 Å². The van der Waals surface area contributed by atoms with E-state index in [2.05, 4.69) is 0 Å². The summed E-state index contributed by atoms with van der Waals surface area (Å²) in [6.07, 6.45) is -4.22. The minimum absolute atomic E-state index is 0.0219. The monoisotopic (exact) mass is 266 g/mol. The Bertz CT molecular complexity index is 324. The predicted molar refractivity (Wildman–Crippen MR) is 64.0 cm³/mol. The summed E-state index contributed by atoms with van der Waals surface area (Å²) in [5.74, 6) is -1.46. The van der Waals surface area contributed by atoms with E-state index < -0.39 is 12.1 Å². The zero-order valence-electron chi connectivity index (χ0n) is 9.87. The average Bonchev–Trinajstić information content (AvgIpc) is 2.75. The lowest BCUT2D eigenvalue weighted by Gasteiger charge is -2.29. The quantitative estimate of drug-likeness (QED) is 0.888. The lowest BCUT2D eigenvalue weighted by Crippen LogP contribution is -2.40. The third-order valence-electron chi connectivity index (χ3n) is 2.87. The Kier molecular flexibility index (Phi) is 4.97. The molecule has 0 bridgehead atoms. The molecule has 6 heteroatoms. The first-order valence-electron chi connectivity index (χ1n) is 5.36. The van der Waals surface area contributed by atoms with Gasteiger partial charge < -0.3 is 5.73 Å². The molecule has 1 heterocycles. The molecule has 98 valence electrons. The zero-order chi connectivity index (χ0) is 13.1. The van der Waals surface area contributed by atoms with Crippen molar-refractivity contribution >= 4 is 11.3 Å². The van der Waals surface area contributed by atoms with Gasteiger partial charge in [-0.1, -0.05) is 6.07 Å². The number of hydrogen-bond donors (Lipinski definition) is 1. The van der Waals surface area contributed by atoms with Gasteiger partial charge in [-0.2, -0.15) is 13.2 Å². The second-order valence-electron chi connectivity index (χ2n) is 4.11.